The van der Waals surface area contributed by atoms with E-state index < -0.39 is 31.0 Å². The van der Waals surface area contributed by atoms with E-state index in [0.717, 1.165) is 18.4 Å². The summed E-state index contributed by atoms with van der Waals surface area (Å²) in [6.45, 7) is 9.42. The fourth-order valence-electron chi connectivity index (χ4n) is 5.34. The van der Waals surface area contributed by atoms with Crippen molar-refractivity contribution < 1.29 is 19.8 Å². The van der Waals surface area contributed by atoms with Crippen LogP contribution in [0.5, 0.6) is 0 Å². The molecule has 0 bridgehead atoms. The third-order valence-corrected chi connectivity index (χ3v) is 12.5. The van der Waals surface area contributed by atoms with Crippen LogP contribution in [0.3, 0.4) is 0 Å². The molecule has 2 aliphatic rings. The highest BCUT2D eigenvalue weighted by atomic mass is 31.2. The van der Waals surface area contributed by atoms with Gasteiger partial charge in [0.25, 0.3) is 0 Å². The summed E-state index contributed by atoms with van der Waals surface area (Å²) in [6.07, 6.45) is 25.6. The predicted molar refractivity (Wildman–Crippen MR) is 143 cm³/mol. The Morgan fingerprint density at radius 1 is 0.818 bits per heavy atom. The molecule has 5 heteroatoms. The number of unbranched alkanes of at least 4 members (excludes halogenated alkanes) is 4. The Morgan fingerprint density at radius 3 is 1.70 bits per heavy atom. The molecule has 0 amide bonds. The minimum absolute atomic E-state index is 0.224. The molecule has 0 aromatic heterocycles. The minimum Gasteiger partial charge on any atom is -0.481 e. The topological polar surface area (TPSA) is 74.6 Å². The predicted octanol–water partition coefficient (Wildman–Crippen LogP) is 7.89. The van der Waals surface area contributed by atoms with Crippen LogP contribution in [0.2, 0.25) is 0 Å². The van der Waals surface area contributed by atoms with Crippen molar-refractivity contribution in [1.29, 1.82) is 0 Å². The van der Waals surface area contributed by atoms with Gasteiger partial charge in [-0.25, -0.2) is 0 Å². The summed E-state index contributed by atoms with van der Waals surface area (Å²) in [5, 5.41) is 18.2. The van der Waals surface area contributed by atoms with Gasteiger partial charge in [0.1, 0.15) is 0 Å². The van der Waals surface area contributed by atoms with E-state index in [-0.39, 0.29) is 5.92 Å². The van der Waals surface area contributed by atoms with Gasteiger partial charge in [-0.1, -0.05) is 77.2 Å². The molecule has 0 heterocycles. The van der Waals surface area contributed by atoms with E-state index in [1.54, 1.807) is 30.7 Å². The van der Waals surface area contributed by atoms with E-state index in [1.807, 2.05) is 12.2 Å². The van der Waals surface area contributed by atoms with Gasteiger partial charge < -0.3 is 10.2 Å². The molecule has 0 aliphatic heterocycles. The first kappa shape index (κ1) is 29.9. The molecule has 0 aromatic rings. The number of carboxylic acids is 2. The lowest BCUT2D eigenvalue weighted by Crippen LogP contribution is -2.38. The van der Waals surface area contributed by atoms with Crippen molar-refractivity contribution in [2.45, 2.75) is 98.3 Å². The number of fused-ring (bicyclic) bond motifs is 1. The monoisotopic (exact) mass is 481 g/mol. The zero-order valence-electron chi connectivity index (χ0n) is 21.7. The lowest BCUT2D eigenvalue weighted by molar-refractivity contribution is -0.153. The normalized spacial score (nSPS) is 22.1. The zero-order valence-corrected chi connectivity index (χ0v) is 22.6. The number of carbonyl (C=O) groups is 2. The molecule has 0 saturated heterocycles. The summed E-state index contributed by atoms with van der Waals surface area (Å²) in [5.74, 6) is -3.41. The van der Waals surface area contributed by atoms with E-state index in [9.17, 15) is 9.59 Å². The highest BCUT2D eigenvalue weighted by Crippen LogP contribution is 2.61. The molecule has 0 aromatic carbocycles. The van der Waals surface area contributed by atoms with Crippen LogP contribution < -0.4 is 0 Å². The maximum Gasteiger partial charge on any atom is 0.311 e. The van der Waals surface area contributed by atoms with Gasteiger partial charge in [0.15, 0.2) is 0 Å². The number of rotatable bonds is 14. The Balaban J connectivity index is 0.000000330. The second-order valence-corrected chi connectivity index (χ2v) is 14.5. The molecule has 2 rings (SSSR count). The summed E-state index contributed by atoms with van der Waals surface area (Å²) in [7, 11) is -0.562. The summed E-state index contributed by atoms with van der Waals surface area (Å²) >= 11 is 0. The Kier molecular flexibility index (Phi) is 14.9. The third-order valence-electron chi connectivity index (χ3n) is 7.43. The molecule has 1 fully saturated rings. The summed E-state index contributed by atoms with van der Waals surface area (Å²) < 4.78 is 0. The number of hydrogen-bond donors (Lipinski definition) is 2. The summed E-state index contributed by atoms with van der Waals surface area (Å²) in [4.78, 5) is 22.2. The number of hydrogen-bond acceptors (Lipinski definition) is 2. The molecule has 190 valence electrons. The smallest absolute Gasteiger partial charge is 0.311 e. The van der Waals surface area contributed by atoms with Crippen molar-refractivity contribution in [3.8, 4) is 0 Å². The van der Waals surface area contributed by atoms with Crippen LogP contribution in [-0.4, -0.2) is 46.8 Å². The SMILES string of the molecule is CCCC[P+](CCCC)(CCCC)CCCC.O=C(O)C1CCC2CC=CC=C2C1C(=O)O. The highest BCUT2D eigenvalue weighted by molar-refractivity contribution is 7.75. The van der Waals surface area contributed by atoms with Gasteiger partial charge in [0, 0.05) is 7.26 Å². The Hall–Kier alpha value is -1.15. The highest BCUT2D eigenvalue weighted by Gasteiger charge is 2.42. The maximum absolute atomic E-state index is 11.2. The van der Waals surface area contributed by atoms with Crippen LogP contribution in [0.1, 0.15) is 98.3 Å². The molecule has 1 saturated carbocycles. The van der Waals surface area contributed by atoms with Gasteiger partial charge in [0.05, 0.1) is 36.5 Å². The largest absolute Gasteiger partial charge is 0.481 e. The first-order chi connectivity index (χ1) is 15.9. The molecule has 3 unspecified atom stereocenters. The van der Waals surface area contributed by atoms with E-state index in [2.05, 4.69) is 27.7 Å². The molecule has 0 radical (unpaired) electrons. The number of carboxylic acid groups (broad SMARTS) is 2. The summed E-state index contributed by atoms with van der Waals surface area (Å²) in [6, 6.07) is 0. The molecule has 33 heavy (non-hydrogen) atoms. The molecule has 4 nitrogen and oxygen atoms in total. The first-order valence-electron chi connectivity index (χ1n) is 13.5. The molecular formula is C28H50O4P+. The van der Waals surface area contributed by atoms with Gasteiger partial charge >= 0.3 is 11.9 Å². The van der Waals surface area contributed by atoms with Gasteiger partial charge in [-0.15, -0.1) is 0 Å². The molecule has 0 spiro atoms. The maximum atomic E-state index is 11.2. The lowest BCUT2D eigenvalue weighted by Gasteiger charge is -2.35. The second-order valence-electron chi connectivity index (χ2n) is 10.0. The van der Waals surface area contributed by atoms with Gasteiger partial charge in [-0.05, 0) is 50.9 Å². The Morgan fingerprint density at radius 2 is 1.30 bits per heavy atom. The van der Waals surface area contributed by atoms with E-state index in [1.165, 1.54) is 51.4 Å². The van der Waals surface area contributed by atoms with Crippen molar-refractivity contribution in [3.63, 3.8) is 0 Å². The van der Waals surface area contributed by atoms with Gasteiger partial charge in [0.2, 0.25) is 0 Å². The third kappa shape index (κ3) is 9.93. The van der Waals surface area contributed by atoms with Crippen LogP contribution in [0.15, 0.2) is 23.8 Å². The quantitative estimate of drug-likeness (QED) is 0.247. The van der Waals surface area contributed by atoms with E-state index in [0.29, 0.717) is 6.42 Å². The first-order valence-corrected chi connectivity index (χ1v) is 16.1. The van der Waals surface area contributed by atoms with Crippen LogP contribution in [0, 0.1) is 17.8 Å². The van der Waals surface area contributed by atoms with Crippen molar-refractivity contribution in [3.05, 3.63) is 23.8 Å². The van der Waals surface area contributed by atoms with Crippen molar-refractivity contribution in [1.82, 2.24) is 0 Å². The minimum atomic E-state index is -1.02. The van der Waals surface area contributed by atoms with Crippen LogP contribution in [0.4, 0.5) is 0 Å². The fraction of sp³-hybridized carbons (Fsp3) is 0.786. The average molecular weight is 482 g/mol. The average Bonchev–Trinajstić information content (AvgIpc) is 2.82. The van der Waals surface area contributed by atoms with Crippen LogP contribution in [0.25, 0.3) is 0 Å². The summed E-state index contributed by atoms with van der Waals surface area (Å²) in [5.41, 5.74) is 0.786. The molecule has 2 aliphatic carbocycles. The molecule has 2 N–H and O–H groups in total. The second kappa shape index (κ2) is 16.5. The van der Waals surface area contributed by atoms with Crippen molar-refractivity contribution in [2.24, 2.45) is 17.8 Å². The zero-order chi connectivity index (χ0) is 24.7. The van der Waals surface area contributed by atoms with Gasteiger partial charge in [-0.3, -0.25) is 9.59 Å². The van der Waals surface area contributed by atoms with Crippen molar-refractivity contribution >= 4 is 19.2 Å². The van der Waals surface area contributed by atoms with Crippen LogP contribution in [-0.2, 0) is 9.59 Å². The number of aliphatic carboxylic acids is 2. The van der Waals surface area contributed by atoms with Crippen LogP contribution >= 0.6 is 7.26 Å². The van der Waals surface area contributed by atoms with E-state index >= 15 is 0 Å². The number of allylic oxidation sites excluding steroid dienone is 3. The fourth-order valence-corrected chi connectivity index (χ4v) is 10.6. The lowest BCUT2D eigenvalue weighted by atomic mass is 9.68. The Labute approximate surface area is 203 Å². The molecular weight excluding hydrogens is 431 g/mol. The van der Waals surface area contributed by atoms with Crippen molar-refractivity contribution in [2.75, 3.05) is 24.6 Å². The Bertz CT molecular complexity index is 602. The standard InChI is InChI=1S/C16H36P.C12H14O4/c1-5-9-13-17(14-10-6-2,15-11-7-3)16-12-8-4;13-11(14)9-6-5-7-3-1-2-4-8(7)10(9)12(15)16/h5-16H2,1-4H3;1-2,4,7,9-10H,3,5-6H2,(H,13,14)(H,15,16)/q+1;. The van der Waals surface area contributed by atoms with Gasteiger partial charge in [-0.2, -0.15) is 0 Å². The molecule has 3 atom stereocenters. The van der Waals surface area contributed by atoms with E-state index in [4.69, 9.17) is 10.2 Å².